The van der Waals surface area contributed by atoms with Crippen molar-refractivity contribution in [2.45, 2.75) is 39.7 Å². The molecule has 1 aliphatic rings. The lowest BCUT2D eigenvalue weighted by Gasteiger charge is -2.37. The van der Waals surface area contributed by atoms with Crippen molar-refractivity contribution in [2.75, 3.05) is 37.6 Å². The molecule has 2 N–H and O–H groups in total. The molecule has 1 fully saturated rings. The fourth-order valence-electron chi connectivity index (χ4n) is 3.69. The summed E-state index contributed by atoms with van der Waals surface area (Å²) < 4.78 is 14.0. The quantitative estimate of drug-likeness (QED) is 0.766. The molecule has 0 bridgehead atoms. The molecule has 28 heavy (non-hydrogen) atoms. The van der Waals surface area contributed by atoms with E-state index < -0.39 is 0 Å². The topological polar surface area (TPSA) is 64.3 Å². The van der Waals surface area contributed by atoms with Crippen LogP contribution in [0, 0.1) is 5.82 Å². The smallest absolute Gasteiger partial charge is 0.272 e. The van der Waals surface area contributed by atoms with Gasteiger partial charge in [-0.2, -0.15) is 5.10 Å². The minimum atomic E-state index is -0.325. The summed E-state index contributed by atoms with van der Waals surface area (Å²) in [7, 11) is 0. The number of rotatable bonds is 7. The maximum Gasteiger partial charge on any atom is 0.272 e. The number of aromatic amines is 1. The number of carbonyl (C=O) groups excluding carboxylic acids is 1. The van der Waals surface area contributed by atoms with Gasteiger partial charge in [0.25, 0.3) is 5.91 Å². The minimum absolute atomic E-state index is 0.253. The van der Waals surface area contributed by atoms with Crippen LogP contribution < -0.4 is 10.2 Å². The Kier molecular flexibility index (Phi) is 6.67. The number of amides is 1. The monoisotopic (exact) mass is 387 g/mol. The number of nitrogens with one attached hydrogen (secondary N) is 2. The number of piperazine rings is 1. The Balaban J connectivity index is 1.74. The largest absolute Gasteiger partial charge is 0.369 e. The third kappa shape index (κ3) is 4.70. The molecular weight excluding hydrogens is 357 g/mol. The summed E-state index contributed by atoms with van der Waals surface area (Å²) in [6.07, 6.45) is 1.84. The average molecular weight is 388 g/mol. The molecule has 152 valence electrons. The molecule has 3 rings (SSSR count). The van der Waals surface area contributed by atoms with Gasteiger partial charge in [-0.15, -0.1) is 0 Å². The second kappa shape index (κ2) is 9.19. The van der Waals surface area contributed by atoms with Crippen molar-refractivity contribution >= 4 is 11.6 Å². The van der Waals surface area contributed by atoms with Crippen molar-refractivity contribution in [1.29, 1.82) is 0 Å². The molecule has 0 spiro atoms. The normalized spacial score (nSPS) is 16.2. The van der Waals surface area contributed by atoms with Crippen LogP contribution in [0.3, 0.4) is 0 Å². The van der Waals surface area contributed by atoms with E-state index in [1.165, 1.54) is 12.1 Å². The number of aromatic nitrogens is 2. The number of nitrogens with zero attached hydrogens (tertiary/aromatic N) is 3. The molecule has 1 unspecified atom stereocenters. The maximum atomic E-state index is 14.0. The van der Waals surface area contributed by atoms with Crippen molar-refractivity contribution in [1.82, 2.24) is 20.4 Å². The lowest BCUT2D eigenvalue weighted by molar-refractivity contribution is 0.0934. The molecule has 1 aliphatic heterocycles. The van der Waals surface area contributed by atoms with Crippen LogP contribution in [-0.4, -0.2) is 53.7 Å². The van der Waals surface area contributed by atoms with Crippen molar-refractivity contribution in [3.8, 4) is 0 Å². The van der Waals surface area contributed by atoms with Crippen LogP contribution >= 0.6 is 0 Å². The second-order valence-electron chi connectivity index (χ2n) is 7.35. The Bertz CT molecular complexity index is 798. The first-order chi connectivity index (χ1) is 13.5. The Morgan fingerprint density at radius 1 is 1.25 bits per heavy atom. The number of anilines is 1. The Morgan fingerprint density at radius 3 is 2.68 bits per heavy atom. The standard InChI is InChI=1S/C21H30FN5O/c1-4-6-17-14-19(25-24-17)21(28)23-15(3)18-13-16(22)7-8-20(18)27-11-9-26(5-2)10-12-27/h7-8,13-15H,4-6,9-12H2,1-3H3,(H,23,28)(H,24,25). The minimum Gasteiger partial charge on any atom is -0.369 e. The molecule has 7 heteroatoms. The zero-order valence-corrected chi connectivity index (χ0v) is 17.0. The molecule has 2 heterocycles. The number of carbonyl (C=O) groups is 1. The van der Waals surface area contributed by atoms with E-state index in [1.807, 2.05) is 13.0 Å². The van der Waals surface area contributed by atoms with Crippen LogP contribution in [0.25, 0.3) is 0 Å². The number of halogens is 1. The number of hydrogen-bond donors (Lipinski definition) is 2. The molecule has 0 aliphatic carbocycles. The SMILES string of the molecule is CCCc1cc(C(=O)NC(C)c2cc(F)ccc2N2CCN(CC)CC2)n[nH]1. The van der Waals surface area contributed by atoms with Gasteiger partial charge in [0.2, 0.25) is 0 Å². The molecule has 1 aromatic heterocycles. The van der Waals surface area contributed by atoms with Gasteiger partial charge in [-0.1, -0.05) is 20.3 Å². The highest BCUT2D eigenvalue weighted by atomic mass is 19.1. The lowest BCUT2D eigenvalue weighted by atomic mass is 10.0. The van der Waals surface area contributed by atoms with Gasteiger partial charge in [0.15, 0.2) is 0 Å². The molecule has 0 saturated carbocycles. The fourth-order valence-corrected chi connectivity index (χ4v) is 3.69. The average Bonchev–Trinajstić information content (AvgIpc) is 3.17. The van der Waals surface area contributed by atoms with E-state index in [4.69, 9.17) is 0 Å². The molecule has 1 aromatic carbocycles. The molecule has 6 nitrogen and oxygen atoms in total. The number of benzene rings is 1. The molecule has 0 radical (unpaired) electrons. The van der Waals surface area contributed by atoms with Crippen LogP contribution in [0.4, 0.5) is 10.1 Å². The lowest BCUT2D eigenvalue weighted by Crippen LogP contribution is -2.46. The summed E-state index contributed by atoms with van der Waals surface area (Å²) in [6.45, 7) is 10.9. The zero-order chi connectivity index (χ0) is 20.1. The number of aryl methyl sites for hydroxylation is 1. The first-order valence-electron chi connectivity index (χ1n) is 10.1. The van der Waals surface area contributed by atoms with E-state index >= 15 is 0 Å². The van der Waals surface area contributed by atoms with Crippen LogP contribution in [0.2, 0.25) is 0 Å². The van der Waals surface area contributed by atoms with Gasteiger partial charge in [0, 0.05) is 43.1 Å². The van der Waals surface area contributed by atoms with E-state index in [1.54, 1.807) is 6.07 Å². The van der Waals surface area contributed by atoms with Crippen LogP contribution in [0.5, 0.6) is 0 Å². The summed E-state index contributed by atoms with van der Waals surface area (Å²) in [6, 6.07) is 6.29. The molecule has 1 amide bonds. The van der Waals surface area contributed by atoms with E-state index in [2.05, 4.69) is 39.2 Å². The van der Waals surface area contributed by atoms with Crippen molar-refractivity contribution in [2.24, 2.45) is 0 Å². The van der Waals surface area contributed by atoms with Gasteiger partial charge in [0.1, 0.15) is 11.5 Å². The van der Waals surface area contributed by atoms with Gasteiger partial charge in [-0.25, -0.2) is 4.39 Å². The van der Waals surface area contributed by atoms with Gasteiger partial charge in [-0.05, 0) is 44.2 Å². The van der Waals surface area contributed by atoms with Gasteiger partial charge < -0.3 is 15.1 Å². The molecule has 1 saturated heterocycles. The number of likely N-dealkylation sites (N-methyl/N-ethyl adjacent to an activating group) is 1. The highest BCUT2D eigenvalue weighted by Crippen LogP contribution is 2.28. The summed E-state index contributed by atoms with van der Waals surface area (Å²) in [4.78, 5) is 17.3. The zero-order valence-electron chi connectivity index (χ0n) is 17.0. The Morgan fingerprint density at radius 2 is 2.00 bits per heavy atom. The highest BCUT2D eigenvalue weighted by molar-refractivity contribution is 5.92. The number of H-pyrrole nitrogens is 1. The summed E-state index contributed by atoms with van der Waals surface area (Å²) in [5, 5.41) is 9.97. The number of hydrogen-bond acceptors (Lipinski definition) is 4. The molecule has 2 aromatic rings. The van der Waals surface area contributed by atoms with Crippen LogP contribution in [0.1, 0.15) is 55.0 Å². The predicted molar refractivity (Wildman–Crippen MR) is 109 cm³/mol. The highest BCUT2D eigenvalue weighted by Gasteiger charge is 2.22. The molecular formula is C21H30FN5O. The fraction of sp³-hybridized carbons (Fsp3) is 0.524. The van der Waals surface area contributed by atoms with E-state index in [-0.39, 0.29) is 17.8 Å². The Labute approximate surface area is 166 Å². The van der Waals surface area contributed by atoms with E-state index in [0.717, 1.165) is 62.5 Å². The summed E-state index contributed by atoms with van der Waals surface area (Å²) in [5.41, 5.74) is 3.09. The van der Waals surface area contributed by atoms with E-state index in [9.17, 15) is 9.18 Å². The predicted octanol–water partition coefficient (Wildman–Crippen LogP) is 3.13. The first-order valence-corrected chi connectivity index (χ1v) is 10.1. The van der Waals surface area contributed by atoms with Gasteiger partial charge in [-0.3, -0.25) is 9.89 Å². The Hall–Kier alpha value is -2.41. The summed E-state index contributed by atoms with van der Waals surface area (Å²) >= 11 is 0. The van der Waals surface area contributed by atoms with Crippen molar-refractivity contribution in [3.05, 3.63) is 47.0 Å². The van der Waals surface area contributed by atoms with Crippen molar-refractivity contribution < 1.29 is 9.18 Å². The van der Waals surface area contributed by atoms with Gasteiger partial charge >= 0.3 is 0 Å². The third-order valence-corrected chi connectivity index (χ3v) is 5.35. The maximum absolute atomic E-state index is 14.0. The summed E-state index contributed by atoms with van der Waals surface area (Å²) in [5.74, 6) is -0.547. The third-order valence-electron chi connectivity index (χ3n) is 5.35. The second-order valence-corrected chi connectivity index (χ2v) is 7.35. The van der Waals surface area contributed by atoms with Crippen LogP contribution in [0.15, 0.2) is 24.3 Å². The first kappa shape index (κ1) is 20.3. The van der Waals surface area contributed by atoms with Gasteiger partial charge in [0.05, 0.1) is 6.04 Å². The van der Waals surface area contributed by atoms with E-state index in [0.29, 0.717) is 5.69 Å². The molecule has 1 atom stereocenters. The van der Waals surface area contributed by atoms with Crippen LogP contribution in [-0.2, 0) is 6.42 Å². The van der Waals surface area contributed by atoms with Crippen molar-refractivity contribution in [3.63, 3.8) is 0 Å².